The minimum Gasteiger partial charge on any atom is -0.487 e. The van der Waals surface area contributed by atoms with Crippen LogP contribution in [0.25, 0.3) is 6.08 Å². The van der Waals surface area contributed by atoms with E-state index >= 15 is 0 Å². The Hall–Kier alpha value is -3.93. The predicted octanol–water partition coefficient (Wildman–Crippen LogP) is 3.96. The van der Waals surface area contributed by atoms with Crippen molar-refractivity contribution < 1.29 is 14.3 Å². The molecule has 1 aliphatic rings. The molecule has 2 N–H and O–H groups in total. The third kappa shape index (κ3) is 5.82. The van der Waals surface area contributed by atoms with Crippen molar-refractivity contribution in [3.8, 4) is 5.75 Å². The fourth-order valence-corrected chi connectivity index (χ4v) is 3.32. The molecule has 0 saturated heterocycles. The van der Waals surface area contributed by atoms with Gasteiger partial charge < -0.3 is 15.4 Å². The van der Waals surface area contributed by atoms with Crippen molar-refractivity contribution in [2.75, 3.05) is 0 Å². The standard InChI is InChI=1S/C26H25N3O3/c27-26(31)21-9-4-20(5-10-21)17-29(23-11-12-23)25(30)15-8-19-6-13-24(14-7-19)32-18-22-3-1-2-16-28-22/h1-10,13-16,23H,11-12,17-18H2,(H2,27,31)/b15-8+. The van der Waals surface area contributed by atoms with Crippen molar-refractivity contribution in [2.45, 2.75) is 32.0 Å². The van der Waals surface area contributed by atoms with Gasteiger partial charge in [0, 0.05) is 30.4 Å². The number of pyridine rings is 1. The zero-order valence-corrected chi connectivity index (χ0v) is 17.7. The van der Waals surface area contributed by atoms with Crippen molar-refractivity contribution >= 4 is 17.9 Å². The molecule has 3 aromatic rings. The van der Waals surface area contributed by atoms with E-state index in [0.29, 0.717) is 18.7 Å². The summed E-state index contributed by atoms with van der Waals surface area (Å²) in [4.78, 5) is 30.2. The van der Waals surface area contributed by atoms with Crippen LogP contribution in [0.4, 0.5) is 0 Å². The van der Waals surface area contributed by atoms with Crippen LogP contribution >= 0.6 is 0 Å². The Morgan fingerprint density at radius 3 is 2.41 bits per heavy atom. The third-order valence-corrected chi connectivity index (χ3v) is 5.27. The molecule has 1 heterocycles. The zero-order chi connectivity index (χ0) is 22.3. The maximum Gasteiger partial charge on any atom is 0.248 e. The number of ether oxygens (including phenoxy) is 1. The number of carbonyl (C=O) groups is 2. The minimum atomic E-state index is -0.456. The molecule has 6 nitrogen and oxygen atoms in total. The van der Waals surface area contributed by atoms with E-state index in [9.17, 15) is 9.59 Å². The van der Waals surface area contributed by atoms with E-state index in [1.165, 1.54) is 0 Å². The molecule has 2 aromatic carbocycles. The zero-order valence-electron chi connectivity index (χ0n) is 17.7. The fourth-order valence-electron chi connectivity index (χ4n) is 3.32. The monoisotopic (exact) mass is 427 g/mol. The molecular formula is C26H25N3O3. The SMILES string of the molecule is NC(=O)c1ccc(CN(C(=O)/C=C/c2ccc(OCc3ccccn3)cc2)C2CC2)cc1. The van der Waals surface area contributed by atoms with Gasteiger partial charge in [-0.05, 0) is 66.4 Å². The lowest BCUT2D eigenvalue weighted by atomic mass is 10.1. The number of nitrogens with two attached hydrogens (primary N) is 1. The topological polar surface area (TPSA) is 85.5 Å². The van der Waals surface area contributed by atoms with Crippen molar-refractivity contribution in [3.05, 3.63) is 101 Å². The largest absolute Gasteiger partial charge is 0.487 e. The summed E-state index contributed by atoms with van der Waals surface area (Å²) in [6.07, 6.45) is 7.20. The minimum absolute atomic E-state index is 0.0260. The molecule has 1 aliphatic carbocycles. The van der Waals surface area contributed by atoms with Crippen molar-refractivity contribution in [2.24, 2.45) is 5.73 Å². The van der Waals surface area contributed by atoms with Crippen LogP contribution in [0.1, 0.15) is 40.0 Å². The molecule has 162 valence electrons. The maximum atomic E-state index is 12.8. The number of hydrogen-bond acceptors (Lipinski definition) is 4. The van der Waals surface area contributed by atoms with Gasteiger partial charge in [0.1, 0.15) is 12.4 Å². The number of hydrogen-bond donors (Lipinski definition) is 1. The second-order valence-corrected chi connectivity index (χ2v) is 7.77. The first-order valence-electron chi connectivity index (χ1n) is 10.6. The molecule has 2 amide bonds. The Bertz CT molecular complexity index is 1090. The first-order chi connectivity index (χ1) is 15.6. The van der Waals surface area contributed by atoms with Crippen LogP contribution in [0.5, 0.6) is 5.75 Å². The van der Waals surface area contributed by atoms with E-state index in [0.717, 1.165) is 35.4 Å². The molecule has 0 atom stereocenters. The number of primary amides is 1. The molecule has 0 spiro atoms. The Morgan fingerprint density at radius 2 is 1.78 bits per heavy atom. The molecule has 1 fully saturated rings. The molecule has 0 radical (unpaired) electrons. The van der Waals surface area contributed by atoms with E-state index in [1.54, 1.807) is 24.4 Å². The van der Waals surface area contributed by atoms with Crippen molar-refractivity contribution in [3.63, 3.8) is 0 Å². The number of amides is 2. The Kier molecular flexibility index (Phi) is 6.60. The number of nitrogens with zero attached hydrogens (tertiary/aromatic N) is 2. The summed E-state index contributed by atoms with van der Waals surface area (Å²) in [6.45, 7) is 0.915. The van der Waals surface area contributed by atoms with Crippen LogP contribution < -0.4 is 10.5 Å². The van der Waals surface area contributed by atoms with E-state index in [2.05, 4.69) is 4.98 Å². The fraction of sp³-hybridized carbons (Fsp3) is 0.192. The van der Waals surface area contributed by atoms with Gasteiger partial charge >= 0.3 is 0 Å². The lowest BCUT2D eigenvalue weighted by Crippen LogP contribution is -2.31. The van der Waals surface area contributed by atoms with Crippen LogP contribution in [-0.4, -0.2) is 27.7 Å². The summed E-state index contributed by atoms with van der Waals surface area (Å²) in [7, 11) is 0. The lowest BCUT2D eigenvalue weighted by molar-refractivity contribution is -0.127. The summed E-state index contributed by atoms with van der Waals surface area (Å²) in [5, 5.41) is 0. The third-order valence-electron chi connectivity index (χ3n) is 5.27. The summed E-state index contributed by atoms with van der Waals surface area (Å²) in [5.41, 5.74) is 8.52. The molecular weight excluding hydrogens is 402 g/mol. The van der Waals surface area contributed by atoms with Gasteiger partial charge in [0.2, 0.25) is 11.8 Å². The molecule has 32 heavy (non-hydrogen) atoms. The number of carbonyl (C=O) groups excluding carboxylic acids is 2. The van der Waals surface area contributed by atoms with Gasteiger partial charge in [-0.15, -0.1) is 0 Å². The average Bonchev–Trinajstić information content (AvgIpc) is 3.66. The Balaban J connectivity index is 1.34. The van der Waals surface area contributed by atoms with Gasteiger partial charge in [-0.2, -0.15) is 0 Å². The van der Waals surface area contributed by atoms with Crippen LogP contribution in [0, 0.1) is 0 Å². The Labute approximate surface area is 187 Å². The number of rotatable bonds is 9. The van der Waals surface area contributed by atoms with Crippen LogP contribution in [0.2, 0.25) is 0 Å². The van der Waals surface area contributed by atoms with Gasteiger partial charge in [0.15, 0.2) is 0 Å². The van der Waals surface area contributed by atoms with Crippen molar-refractivity contribution in [1.82, 2.24) is 9.88 Å². The number of aromatic nitrogens is 1. The van der Waals surface area contributed by atoms with E-state index < -0.39 is 5.91 Å². The first kappa shape index (κ1) is 21.3. The highest BCUT2D eigenvalue weighted by atomic mass is 16.5. The van der Waals surface area contributed by atoms with E-state index in [-0.39, 0.29) is 11.9 Å². The maximum absolute atomic E-state index is 12.8. The highest BCUT2D eigenvalue weighted by molar-refractivity contribution is 5.93. The summed E-state index contributed by atoms with van der Waals surface area (Å²) in [5.74, 6) is 0.267. The molecule has 0 bridgehead atoms. The van der Waals surface area contributed by atoms with E-state index in [1.807, 2.05) is 65.6 Å². The molecule has 1 aromatic heterocycles. The Morgan fingerprint density at radius 1 is 1.03 bits per heavy atom. The van der Waals surface area contributed by atoms with Crippen LogP contribution in [-0.2, 0) is 17.9 Å². The van der Waals surface area contributed by atoms with Crippen LogP contribution in [0.15, 0.2) is 79.0 Å². The summed E-state index contributed by atoms with van der Waals surface area (Å²) < 4.78 is 5.75. The normalized spacial score (nSPS) is 13.1. The quantitative estimate of drug-likeness (QED) is 0.524. The summed E-state index contributed by atoms with van der Waals surface area (Å²) in [6, 6.07) is 20.7. The summed E-state index contributed by atoms with van der Waals surface area (Å²) >= 11 is 0. The van der Waals surface area contributed by atoms with Crippen LogP contribution in [0.3, 0.4) is 0 Å². The van der Waals surface area contributed by atoms with Gasteiger partial charge in [0.25, 0.3) is 0 Å². The van der Waals surface area contributed by atoms with Crippen molar-refractivity contribution in [1.29, 1.82) is 0 Å². The molecule has 0 unspecified atom stereocenters. The molecule has 4 rings (SSSR count). The van der Waals surface area contributed by atoms with Gasteiger partial charge in [0.05, 0.1) is 5.69 Å². The molecule has 1 saturated carbocycles. The second-order valence-electron chi connectivity index (χ2n) is 7.77. The second kappa shape index (κ2) is 9.92. The number of benzene rings is 2. The highest BCUT2D eigenvalue weighted by Gasteiger charge is 2.31. The molecule has 6 heteroatoms. The lowest BCUT2D eigenvalue weighted by Gasteiger charge is -2.21. The predicted molar refractivity (Wildman–Crippen MR) is 123 cm³/mol. The average molecular weight is 428 g/mol. The van der Waals surface area contributed by atoms with Gasteiger partial charge in [-0.1, -0.05) is 30.3 Å². The smallest absolute Gasteiger partial charge is 0.248 e. The highest BCUT2D eigenvalue weighted by Crippen LogP contribution is 2.29. The first-order valence-corrected chi connectivity index (χ1v) is 10.6. The van der Waals surface area contributed by atoms with Gasteiger partial charge in [-0.3, -0.25) is 14.6 Å². The molecule has 0 aliphatic heterocycles. The van der Waals surface area contributed by atoms with Gasteiger partial charge in [-0.25, -0.2) is 0 Å². The van der Waals surface area contributed by atoms with E-state index in [4.69, 9.17) is 10.5 Å².